The van der Waals surface area contributed by atoms with Crippen LogP contribution in [0.5, 0.6) is 11.5 Å². The van der Waals surface area contributed by atoms with E-state index in [9.17, 15) is 9.59 Å². The van der Waals surface area contributed by atoms with Crippen LogP contribution < -0.4 is 20.1 Å². The highest BCUT2D eigenvalue weighted by Gasteiger charge is 2.09. The van der Waals surface area contributed by atoms with E-state index in [1.807, 2.05) is 18.2 Å². The highest BCUT2D eigenvalue weighted by molar-refractivity contribution is 6.03. The van der Waals surface area contributed by atoms with Crippen molar-refractivity contribution >= 4 is 17.5 Å². The van der Waals surface area contributed by atoms with Crippen molar-refractivity contribution in [1.82, 2.24) is 5.32 Å². The zero-order valence-electron chi connectivity index (χ0n) is 13.5. The van der Waals surface area contributed by atoms with E-state index >= 15 is 0 Å². The molecule has 0 aliphatic heterocycles. The van der Waals surface area contributed by atoms with E-state index < -0.39 is 0 Å². The minimum Gasteiger partial charge on any atom is -0.497 e. The molecule has 2 rings (SSSR count). The molecule has 0 saturated heterocycles. The summed E-state index contributed by atoms with van der Waals surface area (Å²) >= 11 is 0. The molecule has 0 spiro atoms. The number of methoxy groups -OCH3 is 1. The molecule has 2 N–H and O–H groups in total. The molecule has 0 radical (unpaired) electrons. The van der Waals surface area contributed by atoms with E-state index in [1.54, 1.807) is 43.5 Å². The minimum absolute atomic E-state index is 0.225. The zero-order chi connectivity index (χ0) is 17.2. The molecule has 0 aliphatic carbocycles. The lowest BCUT2D eigenvalue weighted by Gasteiger charge is -2.09. The smallest absolute Gasteiger partial charge is 0.233 e. The second kappa shape index (κ2) is 9.19. The van der Waals surface area contributed by atoms with Gasteiger partial charge in [0.15, 0.2) is 0 Å². The van der Waals surface area contributed by atoms with Crippen LogP contribution in [0.4, 0.5) is 5.69 Å². The van der Waals surface area contributed by atoms with Crippen LogP contribution in [0.15, 0.2) is 54.6 Å². The van der Waals surface area contributed by atoms with E-state index in [4.69, 9.17) is 9.47 Å². The highest BCUT2D eigenvalue weighted by atomic mass is 16.5. The maximum atomic E-state index is 11.7. The summed E-state index contributed by atoms with van der Waals surface area (Å²) < 4.78 is 10.5. The second-order valence-electron chi connectivity index (χ2n) is 4.96. The van der Waals surface area contributed by atoms with Crippen molar-refractivity contribution in [2.24, 2.45) is 0 Å². The summed E-state index contributed by atoms with van der Waals surface area (Å²) in [6, 6.07) is 16.2. The Hall–Kier alpha value is -3.02. The predicted octanol–water partition coefficient (Wildman–Crippen LogP) is 2.22. The number of ether oxygens (including phenoxy) is 2. The molecule has 126 valence electrons. The number of carbonyl (C=O) groups excluding carboxylic acids is 2. The molecule has 2 amide bonds. The average molecular weight is 328 g/mol. The van der Waals surface area contributed by atoms with Crippen molar-refractivity contribution in [2.45, 2.75) is 6.42 Å². The molecule has 0 heterocycles. The molecule has 24 heavy (non-hydrogen) atoms. The molecule has 6 nitrogen and oxygen atoms in total. The fraction of sp³-hybridized carbons (Fsp3) is 0.222. The van der Waals surface area contributed by atoms with Gasteiger partial charge in [-0.25, -0.2) is 0 Å². The predicted molar refractivity (Wildman–Crippen MR) is 91.2 cm³/mol. The first kappa shape index (κ1) is 17.3. The van der Waals surface area contributed by atoms with Crippen molar-refractivity contribution in [3.05, 3.63) is 54.6 Å². The Labute approximate surface area is 140 Å². The van der Waals surface area contributed by atoms with Crippen LogP contribution in [0.1, 0.15) is 6.42 Å². The van der Waals surface area contributed by atoms with Gasteiger partial charge < -0.3 is 20.1 Å². The van der Waals surface area contributed by atoms with Crippen LogP contribution >= 0.6 is 0 Å². The lowest BCUT2D eigenvalue weighted by Crippen LogP contribution is -2.31. The fourth-order valence-electron chi connectivity index (χ4n) is 1.97. The Morgan fingerprint density at radius 3 is 2.25 bits per heavy atom. The van der Waals surface area contributed by atoms with Crippen molar-refractivity contribution in [3.63, 3.8) is 0 Å². The summed E-state index contributed by atoms with van der Waals surface area (Å²) in [5.74, 6) is 0.739. The summed E-state index contributed by atoms with van der Waals surface area (Å²) in [5.41, 5.74) is 0.665. The largest absolute Gasteiger partial charge is 0.497 e. The first-order chi connectivity index (χ1) is 11.7. The average Bonchev–Trinajstić information content (AvgIpc) is 2.60. The number of hydrogen-bond acceptors (Lipinski definition) is 4. The molecule has 0 fully saturated rings. The van der Waals surface area contributed by atoms with Crippen LogP contribution in [0, 0.1) is 0 Å². The van der Waals surface area contributed by atoms with E-state index in [1.165, 1.54) is 0 Å². The Bertz CT molecular complexity index is 656. The molecule has 2 aromatic carbocycles. The van der Waals surface area contributed by atoms with E-state index in [0.29, 0.717) is 24.6 Å². The summed E-state index contributed by atoms with van der Waals surface area (Å²) in [4.78, 5) is 23.4. The zero-order valence-corrected chi connectivity index (χ0v) is 13.5. The van der Waals surface area contributed by atoms with E-state index in [0.717, 1.165) is 5.75 Å². The maximum absolute atomic E-state index is 11.7. The summed E-state index contributed by atoms with van der Waals surface area (Å²) in [7, 11) is 1.60. The minimum atomic E-state index is -0.352. The molecular formula is C18H20N2O4. The van der Waals surface area contributed by atoms with E-state index in [2.05, 4.69) is 10.6 Å². The van der Waals surface area contributed by atoms with Gasteiger partial charge in [0.2, 0.25) is 11.8 Å². The monoisotopic (exact) mass is 328 g/mol. The number of amides is 2. The molecule has 0 unspecified atom stereocenters. The molecule has 0 saturated carbocycles. The standard InChI is InChI=1S/C18H20N2O4/c1-23-15-7-9-16(10-8-15)24-12-11-19-17(21)13-18(22)20-14-5-3-2-4-6-14/h2-10H,11-13H2,1H3,(H,19,21)(H,20,22). The third kappa shape index (κ3) is 6.00. The van der Waals surface area contributed by atoms with Crippen LogP contribution in [-0.4, -0.2) is 32.1 Å². The molecule has 0 bridgehead atoms. The molecular weight excluding hydrogens is 308 g/mol. The van der Waals surface area contributed by atoms with Crippen molar-refractivity contribution in [2.75, 3.05) is 25.6 Å². The van der Waals surface area contributed by atoms with Crippen LogP contribution in [0.3, 0.4) is 0 Å². The maximum Gasteiger partial charge on any atom is 0.233 e. The number of hydrogen-bond donors (Lipinski definition) is 2. The van der Waals surface area contributed by atoms with Gasteiger partial charge in [-0.05, 0) is 36.4 Å². The number of nitrogens with one attached hydrogen (secondary N) is 2. The SMILES string of the molecule is COc1ccc(OCCNC(=O)CC(=O)Nc2ccccc2)cc1. The summed E-state index contributed by atoms with van der Waals surface area (Å²) in [6.07, 6.45) is -0.225. The van der Waals surface area contributed by atoms with Gasteiger partial charge in [-0.1, -0.05) is 18.2 Å². The summed E-state index contributed by atoms with van der Waals surface area (Å²) in [6.45, 7) is 0.641. The Balaban J connectivity index is 1.63. The third-order valence-electron chi connectivity index (χ3n) is 3.13. The van der Waals surface area contributed by atoms with Crippen molar-refractivity contribution < 1.29 is 19.1 Å². The summed E-state index contributed by atoms with van der Waals surface area (Å²) in [5, 5.41) is 5.30. The second-order valence-corrected chi connectivity index (χ2v) is 4.96. The first-order valence-electron chi connectivity index (χ1n) is 7.56. The van der Waals surface area contributed by atoms with Gasteiger partial charge in [-0.3, -0.25) is 9.59 Å². The van der Waals surface area contributed by atoms with E-state index in [-0.39, 0.29) is 18.2 Å². The van der Waals surface area contributed by atoms with Crippen LogP contribution in [-0.2, 0) is 9.59 Å². The van der Waals surface area contributed by atoms with Gasteiger partial charge in [0.25, 0.3) is 0 Å². The fourth-order valence-corrected chi connectivity index (χ4v) is 1.97. The number of para-hydroxylation sites is 1. The van der Waals surface area contributed by atoms with Crippen LogP contribution in [0.2, 0.25) is 0 Å². The van der Waals surface area contributed by atoms with Gasteiger partial charge in [0, 0.05) is 5.69 Å². The Morgan fingerprint density at radius 1 is 0.917 bits per heavy atom. The quantitative estimate of drug-likeness (QED) is 0.575. The lowest BCUT2D eigenvalue weighted by molar-refractivity contribution is -0.126. The molecule has 2 aromatic rings. The van der Waals surface area contributed by atoms with Gasteiger partial charge >= 0.3 is 0 Å². The van der Waals surface area contributed by atoms with Gasteiger partial charge in [0.05, 0.1) is 13.7 Å². The number of rotatable bonds is 8. The third-order valence-corrected chi connectivity index (χ3v) is 3.13. The highest BCUT2D eigenvalue weighted by Crippen LogP contribution is 2.16. The number of anilines is 1. The Morgan fingerprint density at radius 2 is 1.58 bits per heavy atom. The molecule has 6 heteroatoms. The number of carbonyl (C=O) groups is 2. The molecule has 0 aromatic heterocycles. The van der Waals surface area contributed by atoms with Gasteiger partial charge in [-0.15, -0.1) is 0 Å². The lowest BCUT2D eigenvalue weighted by atomic mass is 10.3. The topological polar surface area (TPSA) is 76.7 Å². The van der Waals surface area contributed by atoms with Gasteiger partial charge in [-0.2, -0.15) is 0 Å². The molecule has 0 aliphatic rings. The normalized spacial score (nSPS) is 9.88. The Kier molecular flexibility index (Phi) is 6.64. The van der Waals surface area contributed by atoms with Gasteiger partial charge in [0.1, 0.15) is 24.5 Å². The number of benzene rings is 2. The first-order valence-corrected chi connectivity index (χ1v) is 7.56. The van der Waals surface area contributed by atoms with Crippen molar-refractivity contribution in [3.8, 4) is 11.5 Å². The van der Waals surface area contributed by atoms with Crippen molar-refractivity contribution in [1.29, 1.82) is 0 Å². The molecule has 0 atom stereocenters. The van der Waals surface area contributed by atoms with Crippen LogP contribution in [0.25, 0.3) is 0 Å².